The smallest absolute Gasteiger partial charge is 0.281 e. The first-order valence-corrected chi connectivity index (χ1v) is 11.3. The van der Waals surface area contributed by atoms with Crippen LogP contribution in [0, 0.1) is 11.3 Å². The quantitative estimate of drug-likeness (QED) is 0.477. The monoisotopic (exact) mass is 477 g/mol. The van der Waals surface area contributed by atoms with Crippen molar-refractivity contribution in [2.75, 3.05) is 27.9 Å². The number of ether oxygens (including phenoxy) is 4. The van der Waals surface area contributed by atoms with Gasteiger partial charge in [-0.2, -0.15) is 10.4 Å². The second kappa shape index (κ2) is 10.3. The first-order chi connectivity index (χ1) is 16.6. The molecule has 8 nitrogen and oxygen atoms in total. The molecule has 1 amide bonds. The van der Waals surface area contributed by atoms with Crippen LogP contribution in [-0.4, -0.2) is 44.6 Å². The fourth-order valence-electron chi connectivity index (χ4n) is 3.71. The molecule has 0 saturated carbocycles. The zero-order valence-corrected chi connectivity index (χ0v) is 19.8. The van der Waals surface area contributed by atoms with Crippen molar-refractivity contribution < 1.29 is 23.7 Å². The lowest BCUT2D eigenvalue weighted by Crippen LogP contribution is -2.31. The van der Waals surface area contributed by atoms with Crippen LogP contribution in [0.3, 0.4) is 0 Å². The molecule has 0 radical (unpaired) electrons. The van der Waals surface area contributed by atoms with E-state index in [0.717, 1.165) is 16.2 Å². The van der Waals surface area contributed by atoms with Crippen molar-refractivity contribution >= 4 is 23.0 Å². The summed E-state index contributed by atoms with van der Waals surface area (Å²) in [5, 5.41) is 17.2. The van der Waals surface area contributed by atoms with Crippen LogP contribution in [0.2, 0.25) is 0 Å². The summed E-state index contributed by atoms with van der Waals surface area (Å²) in [6, 6.07) is 16.0. The third kappa shape index (κ3) is 4.67. The van der Waals surface area contributed by atoms with E-state index in [1.807, 2.05) is 35.7 Å². The lowest BCUT2D eigenvalue weighted by Gasteiger charge is -2.23. The minimum Gasteiger partial charge on any atom is -0.493 e. The third-order valence-electron chi connectivity index (χ3n) is 5.41. The highest BCUT2D eigenvalue weighted by atomic mass is 32.1. The number of hydrazone groups is 1. The molecule has 2 aromatic carbocycles. The third-order valence-corrected chi connectivity index (χ3v) is 6.33. The van der Waals surface area contributed by atoms with Gasteiger partial charge in [0.25, 0.3) is 5.91 Å². The van der Waals surface area contributed by atoms with E-state index in [1.165, 1.54) is 12.1 Å². The van der Waals surface area contributed by atoms with Gasteiger partial charge in [-0.25, -0.2) is 5.01 Å². The summed E-state index contributed by atoms with van der Waals surface area (Å²) in [4.78, 5) is 14.3. The van der Waals surface area contributed by atoms with Gasteiger partial charge in [0, 0.05) is 12.5 Å². The Kier molecular flexibility index (Phi) is 6.99. The van der Waals surface area contributed by atoms with E-state index in [9.17, 15) is 4.79 Å². The first kappa shape index (κ1) is 23.1. The molecular weight excluding hydrogens is 454 g/mol. The number of benzene rings is 2. The molecule has 0 fully saturated rings. The summed E-state index contributed by atoms with van der Waals surface area (Å²) in [5.74, 6) is 1.64. The van der Waals surface area contributed by atoms with Crippen LogP contribution in [0.4, 0.5) is 0 Å². The molecule has 0 saturated heterocycles. The molecule has 1 aliphatic heterocycles. The lowest BCUT2D eigenvalue weighted by atomic mass is 10.0. The topological polar surface area (TPSA) is 93.4 Å². The van der Waals surface area contributed by atoms with Crippen LogP contribution < -0.4 is 18.9 Å². The van der Waals surface area contributed by atoms with Crippen molar-refractivity contribution in [2.24, 2.45) is 5.10 Å². The highest BCUT2D eigenvalue weighted by molar-refractivity contribution is 7.12. The predicted molar refractivity (Wildman–Crippen MR) is 128 cm³/mol. The maximum atomic E-state index is 13.3. The van der Waals surface area contributed by atoms with Gasteiger partial charge >= 0.3 is 0 Å². The lowest BCUT2D eigenvalue weighted by molar-refractivity contribution is -0.135. The Labute approximate surface area is 201 Å². The van der Waals surface area contributed by atoms with E-state index >= 15 is 0 Å². The molecular formula is C25H23N3O5S. The Morgan fingerprint density at radius 1 is 1.06 bits per heavy atom. The number of carbonyl (C=O) groups is 1. The molecule has 1 aliphatic rings. The van der Waals surface area contributed by atoms with Crippen LogP contribution in [-0.2, 0) is 4.79 Å². The summed E-state index contributed by atoms with van der Waals surface area (Å²) in [5.41, 5.74) is 2.14. The van der Waals surface area contributed by atoms with Crippen LogP contribution >= 0.6 is 11.3 Å². The zero-order valence-electron chi connectivity index (χ0n) is 19.0. The second-order valence-corrected chi connectivity index (χ2v) is 8.31. The molecule has 1 unspecified atom stereocenters. The average molecular weight is 478 g/mol. The minimum atomic E-state index is -0.323. The minimum absolute atomic E-state index is 0.243. The molecule has 0 N–H and O–H groups in total. The Bertz CT molecular complexity index is 1250. The number of carbonyl (C=O) groups excluding carboxylic acids is 1. The van der Waals surface area contributed by atoms with Gasteiger partial charge in [0.2, 0.25) is 0 Å². The Morgan fingerprint density at radius 3 is 2.47 bits per heavy atom. The van der Waals surface area contributed by atoms with Crippen molar-refractivity contribution in [1.82, 2.24) is 5.01 Å². The van der Waals surface area contributed by atoms with E-state index in [-0.39, 0.29) is 18.6 Å². The van der Waals surface area contributed by atoms with Gasteiger partial charge in [-0.1, -0.05) is 12.1 Å². The van der Waals surface area contributed by atoms with Gasteiger partial charge in [-0.15, -0.1) is 11.3 Å². The number of rotatable bonds is 8. The highest BCUT2D eigenvalue weighted by Crippen LogP contribution is 2.38. The number of amides is 1. The van der Waals surface area contributed by atoms with E-state index in [4.69, 9.17) is 24.2 Å². The summed E-state index contributed by atoms with van der Waals surface area (Å²) < 4.78 is 21.9. The SMILES string of the molecule is COc1ccc(C2CC(c3cccs3)=NN2C(=O)COc2ccc(C#N)cc2OC)cc1OC. The number of methoxy groups -OCH3 is 3. The van der Waals surface area contributed by atoms with Gasteiger partial charge in [-0.3, -0.25) is 4.79 Å². The molecule has 174 valence electrons. The zero-order chi connectivity index (χ0) is 24.1. The van der Waals surface area contributed by atoms with Gasteiger partial charge in [0.05, 0.1) is 49.6 Å². The first-order valence-electron chi connectivity index (χ1n) is 10.4. The standard InChI is InChI=1S/C25H23N3O5S/c1-30-20-9-7-17(12-23(20)32-3)19-13-18(24-5-4-10-34-24)27-28(19)25(29)15-33-21-8-6-16(14-26)11-22(21)31-2/h4-12,19H,13,15H2,1-3H3. The summed E-state index contributed by atoms with van der Waals surface area (Å²) in [7, 11) is 4.64. The van der Waals surface area contributed by atoms with Crippen molar-refractivity contribution in [3.63, 3.8) is 0 Å². The van der Waals surface area contributed by atoms with Crippen molar-refractivity contribution in [1.29, 1.82) is 5.26 Å². The van der Waals surface area contributed by atoms with Gasteiger partial charge < -0.3 is 18.9 Å². The van der Waals surface area contributed by atoms with E-state index in [1.54, 1.807) is 43.8 Å². The normalized spacial score (nSPS) is 14.8. The fraction of sp³-hybridized carbons (Fsp3) is 0.240. The molecule has 2 heterocycles. The Hall–Kier alpha value is -4.03. The van der Waals surface area contributed by atoms with Crippen LogP contribution in [0.5, 0.6) is 23.0 Å². The fourth-order valence-corrected chi connectivity index (χ4v) is 4.43. The molecule has 0 aliphatic carbocycles. The number of hydrogen-bond donors (Lipinski definition) is 0. The molecule has 1 aromatic heterocycles. The number of hydrogen-bond acceptors (Lipinski definition) is 8. The van der Waals surface area contributed by atoms with Crippen LogP contribution in [0.15, 0.2) is 59.0 Å². The van der Waals surface area contributed by atoms with Gasteiger partial charge in [0.15, 0.2) is 29.6 Å². The molecule has 0 spiro atoms. The molecule has 0 bridgehead atoms. The number of nitrogens with zero attached hydrogens (tertiary/aromatic N) is 3. The second-order valence-electron chi connectivity index (χ2n) is 7.36. The Balaban J connectivity index is 1.60. The Morgan fingerprint density at radius 2 is 1.79 bits per heavy atom. The molecule has 4 rings (SSSR count). The van der Waals surface area contributed by atoms with Crippen LogP contribution in [0.1, 0.15) is 28.5 Å². The number of thiophene rings is 1. The van der Waals surface area contributed by atoms with Crippen LogP contribution in [0.25, 0.3) is 0 Å². The van der Waals surface area contributed by atoms with Crippen molar-refractivity contribution in [3.05, 3.63) is 69.9 Å². The van der Waals surface area contributed by atoms with Crippen molar-refractivity contribution in [2.45, 2.75) is 12.5 Å². The molecule has 34 heavy (non-hydrogen) atoms. The average Bonchev–Trinajstić information content (AvgIpc) is 3.57. The van der Waals surface area contributed by atoms with Gasteiger partial charge in [0.1, 0.15) is 0 Å². The predicted octanol–water partition coefficient (Wildman–Crippen LogP) is 4.40. The van der Waals surface area contributed by atoms with E-state index < -0.39 is 0 Å². The maximum Gasteiger partial charge on any atom is 0.281 e. The van der Waals surface area contributed by atoms with E-state index in [0.29, 0.717) is 35.0 Å². The van der Waals surface area contributed by atoms with E-state index in [2.05, 4.69) is 11.2 Å². The molecule has 9 heteroatoms. The largest absolute Gasteiger partial charge is 0.493 e. The van der Waals surface area contributed by atoms with Gasteiger partial charge in [-0.05, 0) is 41.3 Å². The maximum absolute atomic E-state index is 13.3. The summed E-state index contributed by atoms with van der Waals surface area (Å²) >= 11 is 1.58. The highest BCUT2D eigenvalue weighted by Gasteiger charge is 2.34. The summed E-state index contributed by atoms with van der Waals surface area (Å²) in [6.45, 7) is -0.243. The molecule has 1 atom stereocenters. The van der Waals surface area contributed by atoms with Crippen molar-refractivity contribution in [3.8, 4) is 29.1 Å². The summed E-state index contributed by atoms with van der Waals surface area (Å²) in [6.07, 6.45) is 0.557. The molecule has 3 aromatic rings. The number of nitriles is 1.